The zero-order chi connectivity index (χ0) is 18.9. The van der Waals surface area contributed by atoms with Gasteiger partial charge in [-0.2, -0.15) is 0 Å². The summed E-state index contributed by atoms with van der Waals surface area (Å²) in [6.07, 6.45) is 3.33. The number of likely N-dealkylation sites (N-methyl/N-ethyl adjacent to an activating group) is 1. The van der Waals surface area contributed by atoms with Gasteiger partial charge < -0.3 is 15.0 Å². The average molecular weight is 352 g/mol. The molecule has 2 aromatic rings. The SMILES string of the molecule is CCOc1ccc(C=CC(=O)N(C)Cc2ccc(C(=O)NC)cc2)cc1. The Morgan fingerprint density at radius 3 is 2.31 bits per heavy atom. The normalized spacial score (nSPS) is 10.6. The van der Waals surface area contributed by atoms with Crippen LogP contribution >= 0.6 is 0 Å². The molecule has 0 aliphatic carbocycles. The van der Waals surface area contributed by atoms with Crippen molar-refractivity contribution in [1.29, 1.82) is 0 Å². The molecule has 1 N–H and O–H groups in total. The van der Waals surface area contributed by atoms with E-state index in [1.54, 1.807) is 43.3 Å². The number of hydrogen-bond acceptors (Lipinski definition) is 3. The molecule has 0 fully saturated rings. The van der Waals surface area contributed by atoms with Crippen LogP contribution in [-0.2, 0) is 11.3 Å². The van der Waals surface area contributed by atoms with E-state index in [9.17, 15) is 9.59 Å². The van der Waals surface area contributed by atoms with E-state index in [1.807, 2.05) is 43.3 Å². The van der Waals surface area contributed by atoms with Gasteiger partial charge in [-0.3, -0.25) is 9.59 Å². The van der Waals surface area contributed by atoms with E-state index in [0.29, 0.717) is 18.7 Å². The molecular weight excluding hydrogens is 328 g/mol. The number of rotatable bonds is 7. The first-order valence-corrected chi connectivity index (χ1v) is 8.50. The average Bonchev–Trinajstić information content (AvgIpc) is 2.67. The van der Waals surface area contributed by atoms with Crippen molar-refractivity contribution in [3.05, 3.63) is 71.3 Å². The van der Waals surface area contributed by atoms with Crippen LogP contribution in [0.2, 0.25) is 0 Å². The van der Waals surface area contributed by atoms with Gasteiger partial charge in [0.05, 0.1) is 6.61 Å². The van der Waals surface area contributed by atoms with Crippen molar-refractivity contribution in [2.75, 3.05) is 20.7 Å². The molecule has 136 valence electrons. The smallest absolute Gasteiger partial charge is 0.251 e. The molecule has 0 aliphatic rings. The summed E-state index contributed by atoms with van der Waals surface area (Å²) in [4.78, 5) is 25.4. The summed E-state index contributed by atoms with van der Waals surface area (Å²) in [7, 11) is 3.34. The van der Waals surface area contributed by atoms with Gasteiger partial charge in [-0.25, -0.2) is 0 Å². The van der Waals surface area contributed by atoms with Crippen LogP contribution in [0.5, 0.6) is 5.75 Å². The highest BCUT2D eigenvalue weighted by Gasteiger charge is 2.07. The van der Waals surface area contributed by atoms with Gasteiger partial charge >= 0.3 is 0 Å². The van der Waals surface area contributed by atoms with Crippen molar-refractivity contribution in [2.45, 2.75) is 13.5 Å². The number of benzene rings is 2. The highest BCUT2D eigenvalue weighted by Crippen LogP contribution is 2.13. The quantitative estimate of drug-likeness (QED) is 0.779. The van der Waals surface area contributed by atoms with Gasteiger partial charge in [-0.1, -0.05) is 24.3 Å². The van der Waals surface area contributed by atoms with E-state index in [2.05, 4.69) is 5.32 Å². The van der Waals surface area contributed by atoms with E-state index < -0.39 is 0 Å². The predicted molar refractivity (Wildman–Crippen MR) is 103 cm³/mol. The van der Waals surface area contributed by atoms with Crippen LogP contribution in [0.1, 0.15) is 28.4 Å². The third kappa shape index (κ3) is 5.48. The number of nitrogens with zero attached hydrogens (tertiary/aromatic N) is 1. The Balaban J connectivity index is 1.93. The Morgan fingerprint density at radius 1 is 1.08 bits per heavy atom. The molecule has 0 bridgehead atoms. The molecule has 0 saturated heterocycles. The zero-order valence-corrected chi connectivity index (χ0v) is 15.4. The van der Waals surface area contributed by atoms with Crippen molar-refractivity contribution >= 4 is 17.9 Å². The first-order chi connectivity index (χ1) is 12.5. The highest BCUT2D eigenvalue weighted by atomic mass is 16.5. The summed E-state index contributed by atoms with van der Waals surface area (Å²) in [5.74, 6) is 0.599. The van der Waals surface area contributed by atoms with Gasteiger partial charge in [-0.15, -0.1) is 0 Å². The second-order valence-electron chi connectivity index (χ2n) is 5.81. The molecule has 5 heteroatoms. The Bertz CT molecular complexity index is 765. The van der Waals surface area contributed by atoms with Crippen molar-refractivity contribution in [1.82, 2.24) is 10.2 Å². The first-order valence-electron chi connectivity index (χ1n) is 8.50. The lowest BCUT2D eigenvalue weighted by Gasteiger charge is -2.15. The van der Waals surface area contributed by atoms with E-state index in [1.165, 1.54) is 0 Å². The summed E-state index contributed by atoms with van der Waals surface area (Å²) in [6, 6.07) is 14.8. The van der Waals surface area contributed by atoms with E-state index >= 15 is 0 Å². The van der Waals surface area contributed by atoms with E-state index in [4.69, 9.17) is 4.74 Å². The number of hydrogen-bond donors (Lipinski definition) is 1. The number of carbonyl (C=O) groups excluding carboxylic acids is 2. The Labute approximate surface area is 154 Å². The molecule has 0 spiro atoms. The molecule has 0 radical (unpaired) electrons. The maximum atomic E-state index is 12.3. The van der Waals surface area contributed by atoms with Crippen LogP contribution in [0.4, 0.5) is 0 Å². The number of carbonyl (C=O) groups is 2. The lowest BCUT2D eigenvalue weighted by atomic mass is 10.1. The van der Waals surface area contributed by atoms with Gasteiger partial charge in [0.25, 0.3) is 5.91 Å². The summed E-state index contributed by atoms with van der Waals surface area (Å²) in [5, 5.41) is 2.58. The maximum absolute atomic E-state index is 12.3. The van der Waals surface area contributed by atoms with Gasteiger partial charge in [-0.05, 0) is 48.4 Å². The Morgan fingerprint density at radius 2 is 1.73 bits per heavy atom. The molecule has 2 amide bonds. The minimum absolute atomic E-state index is 0.0886. The van der Waals surface area contributed by atoms with Crippen molar-refractivity contribution in [3.63, 3.8) is 0 Å². The van der Waals surface area contributed by atoms with Gasteiger partial charge in [0.15, 0.2) is 0 Å². The molecule has 0 saturated carbocycles. The standard InChI is InChI=1S/C21H24N2O3/c1-4-26-19-12-7-16(8-13-19)9-14-20(24)23(3)15-17-5-10-18(11-6-17)21(25)22-2/h5-14H,4,15H2,1-3H3,(H,22,25). The van der Waals surface area contributed by atoms with Crippen LogP contribution in [0.15, 0.2) is 54.6 Å². The monoisotopic (exact) mass is 352 g/mol. The number of amides is 2. The van der Waals surface area contributed by atoms with Gasteiger partial charge in [0.2, 0.25) is 5.91 Å². The summed E-state index contributed by atoms with van der Waals surface area (Å²) < 4.78 is 5.40. The second-order valence-corrected chi connectivity index (χ2v) is 5.81. The fourth-order valence-corrected chi connectivity index (χ4v) is 2.39. The summed E-state index contributed by atoms with van der Waals surface area (Å²) in [6.45, 7) is 3.04. The highest BCUT2D eigenvalue weighted by molar-refractivity contribution is 5.94. The fourth-order valence-electron chi connectivity index (χ4n) is 2.39. The minimum atomic E-state index is -0.126. The molecular formula is C21H24N2O3. The lowest BCUT2D eigenvalue weighted by Crippen LogP contribution is -2.24. The third-order valence-electron chi connectivity index (χ3n) is 3.85. The van der Waals surface area contributed by atoms with Crippen molar-refractivity contribution in [3.8, 4) is 5.75 Å². The lowest BCUT2D eigenvalue weighted by molar-refractivity contribution is -0.125. The van der Waals surface area contributed by atoms with Gasteiger partial charge in [0, 0.05) is 32.3 Å². The molecule has 2 rings (SSSR count). The summed E-state index contributed by atoms with van der Waals surface area (Å²) >= 11 is 0. The number of nitrogens with one attached hydrogen (secondary N) is 1. The first kappa shape index (κ1) is 19.2. The third-order valence-corrected chi connectivity index (χ3v) is 3.85. The van der Waals surface area contributed by atoms with Crippen molar-refractivity contribution in [2.24, 2.45) is 0 Å². The van der Waals surface area contributed by atoms with E-state index in [0.717, 1.165) is 16.9 Å². The Hall–Kier alpha value is -3.08. The van der Waals surface area contributed by atoms with E-state index in [-0.39, 0.29) is 11.8 Å². The Kier molecular flexibility index (Phi) is 6.97. The van der Waals surface area contributed by atoms with Crippen LogP contribution in [0.25, 0.3) is 6.08 Å². The molecule has 26 heavy (non-hydrogen) atoms. The van der Waals surface area contributed by atoms with Crippen LogP contribution in [0.3, 0.4) is 0 Å². The molecule has 5 nitrogen and oxygen atoms in total. The molecule has 0 aromatic heterocycles. The maximum Gasteiger partial charge on any atom is 0.251 e. The zero-order valence-electron chi connectivity index (χ0n) is 15.4. The molecule has 0 heterocycles. The summed E-state index contributed by atoms with van der Waals surface area (Å²) in [5.41, 5.74) is 2.49. The topological polar surface area (TPSA) is 58.6 Å². The molecule has 0 atom stereocenters. The fraction of sp³-hybridized carbons (Fsp3) is 0.238. The largest absolute Gasteiger partial charge is 0.494 e. The molecule has 2 aromatic carbocycles. The predicted octanol–water partition coefficient (Wildman–Crippen LogP) is 3.12. The minimum Gasteiger partial charge on any atom is -0.494 e. The van der Waals surface area contributed by atoms with Crippen molar-refractivity contribution < 1.29 is 14.3 Å². The van der Waals surface area contributed by atoms with Crippen LogP contribution < -0.4 is 10.1 Å². The van der Waals surface area contributed by atoms with Gasteiger partial charge in [0.1, 0.15) is 5.75 Å². The van der Waals surface area contributed by atoms with Crippen LogP contribution in [0, 0.1) is 0 Å². The second kappa shape index (κ2) is 9.42. The molecule has 0 aliphatic heterocycles. The van der Waals surface area contributed by atoms with Crippen LogP contribution in [-0.4, -0.2) is 37.4 Å². The number of ether oxygens (including phenoxy) is 1. The molecule has 0 unspecified atom stereocenters.